The molecule has 116 valence electrons. The standard InChI is InChI=1S/C19H15N5/c1-2-8-18(9-3-1)24-19(21-22-23-24)12-13-20-17-11-10-15-6-4-5-7-16(15)14-17/h1-14,20H. The Kier molecular flexibility index (Phi) is 3.73. The summed E-state index contributed by atoms with van der Waals surface area (Å²) in [4.78, 5) is 0. The third kappa shape index (κ3) is 2.87. The third-order valence-corrected chi connectivity index (χ3v) is 3.73. The number of nitrogens with one attached hydrogen (secondary N) is 1. The lowest BCUT2D eigenvalue weighted by Crippen LogP contribution is -1.99. The first kappa shape index (κ1) is 14.1. The van der Waals surface area contributed by atoms with E-state index in [-0.39, 0.29) is 0 Å². The van der Waals surface area contributed by atoms with Gasteiger partial charge in [0.2, 0.25) is 0 Å². The van der Waals surface area contributed by atoms with Crippen molar-refractivity contribution in [1.29, 1.82) is 0 Å². The Balaban J connectivity index is 1.54. The van der Waals surface area contributed by atoms with E-state index in [4.69, 9.17) is 0 Å². The zero-order chi connectivity index (χ0) is 16.2. The molecule has 1 aromatic heterocycles. The number of hydrogen-bond acceptors (Lipinski definition) is 4. The highest BCUT2D eigenvalue weighted by molar-refractivity contribution is 5.85. The van der Waals surface area contributed by atoms with Crippen molar-refractivity contribution in [1.82, 2.24) is 20.2 Å². The first-order valence-electron chi connectivity index (χ1n) is 7.66. The van der Waals surface area contributed by atoms with Gasteiger partial charge in [-0.25, -0.2) is 0 Å². The molecule has 0 saturated carbocycles. The Morgan fingerprint density at radius 3 is 2.50 bits per heavy atom. The molecule has 0 spiro atoms. The highest BCUT2D eigenvalue weighted by atomic mass is 15.5. The van der Waals surface area contributed by atoms with Crippen LogP contribution in [0.1, 0.15) is 5.82 Å². The van der Waals surface area contributed by atoms with Crippen LogP contribution in [0.2, 0.25) is 0 Å². The van der Waals surface area contributed by atoms with E-state index in [0.29, 0.717) is 5.82 Å². The Hall–Kier alpha value is -3.47. The predicted octanol–water partition coefficient (Wildman–Crippen LogP) is 3.90. The molecule has 4 aromatic rings. The minimum absolute atomic E-state index is 0.662. The van der Waals surface area contributed by atoms with Crippen LogP contribution in [-0.2, 0) is 0 Å². The summed E-state index contributed by atoms with van der Waals surface area (Å²) < 4.78 is 1.69. The maximum Gasteiger partial charge on any atom is 0.181 e. The van der Waals surface area contributed by atoms with Crippen LogP contribution in [0.25, 0.3) is 22.5 Å². The summed E-state index contributed by atoms with van der Waals surface area (Å²) in [7, 11) is 0. The minimum atomic E-state index is 0.662. The number of fused-ring (bicyclic) bond motifs is 1. The quantitative estimate of drug-likeness (QED) is 0.621. The van der Waals surface area contributed by atoms with Gasteiger partial charge in [0, 0.05) is 18.0 Å². The van der Waals surface area contributed by atoms with Crippen LogP contribution in [0.15, 0.2) is 79.0 Å². The first-order chi connectivity index (χ1) is 11.9. The highest BCUT2D eigenvalue weighted by Gasteiger charge is 2.04. The number of rotatable bonds is 4. The summed E-state index contributed by atoms with van der Waals surface area (Å²) in [5, 5.41) is 17.5. The lowest BCUT2D eigenvalue weighted by molar-refractivity contribution is 0.787. The average Bonchev–Trinajstić information content (AvgIpc) is 3.11. The summed E-state index contributed by atoms with van der Waals surface area (Å²) in [5.74, 6) is 0.662. The van der Waals surface area contributed by atoms with E-state index < -0.39 is 0 Å². The van der Waals surface area contributed by atoms with Crippen LogP contribution in [-0.4, -0.2) is 20.2 Å². The van der Waals surface area contributed by atoms with Gasteiger partial charge < -0.3 is 5.32 Å². The second-order valence-corrected chi connectivity index (χ2v) is 5.32. The van der Waals surface area contributed by atoms with Gasteiger partial charge in [-0.2, -0.15) is 4.68 Å². The van der Waals surface area contributed by atoms with Gasteiger partial charge in [0.05, 0.1) is 5.69 Å². The molecule has 4 rings (SSSR count). The number of anilines is 1. The fourth-order valence-electron chi connectivity index (χ4n) is 2.54. The molecule has 0 aliphatic carbocycles. The van der Waals surface area contributed by atoms with Crippen molar-refractivity contribution in [3.8, 4) is 5.69 Å². The fourth-order valence-corrected chi connectivity index (χ4v) is 2.54. The molecule has 0 saturated heterocycles. The predicted molar refractivity (Wildman–Crippen MR) is 95.8 cm³/mol. The lowest BCUT2D eigenvalue weighted by atomic mass is 10.1. The van der Waals surface area contributed by atoms with Gasteiger partial charge >= 0.3 is 0 Å². The first-order valence-corrected chi connectivity index (χ1v) is 7.66. The number of para-hydroxylation sites is 1. The van der Waals surface area contributed by atoms with E-state index in [2.05, 4.69) is 45.1 Å². The molecule has 1 N–H and O–H groups in total. The SMILES string of the molecule is C(=Cc1nnnn1-c1ccccc1)Nc1ccc2ccccc2c1. The Morgan fingerprint density at radius 1 is 0.833 bits per heavy atom. The van der Waals surface area contributed by atoms with Crippen molar-refractivity contribution < 1.29 is 0 Å². The second-order valence-electron chi connectivity index (χ2n) is 5.32. The molecule has 0 fully saturated rings. The van der Waals surface area contributed by atoms with E-state index in [1.165, 1.54) is 10.8 Å². The monoisotopic (exact) mass is 313 g/mol. The molecule has 0 aliphatic rings. The van der Waals surface area contributed by atoms with Crippen molar-refractivity contribution in [3.05, 3.63) is 84.8 Å². The highest BCUT2D eigenvalue weighted by Crippen LogP contribution is 2.19. The smallest absolute Gasteiger partial charge is 0.181 e. The zero-order valence-electron chi connectivity index (χ0n) is 12.9. The van der Waals surface area contributed by atoms with Crippen LogP contribution in [0.4, 0.5) is 5.69 Å². The van der Waals surface area contributed by atoms with Crippen molar-refractivity contribution in [2.24, 2.45) is 0 Å². The summed E-state index contributed by atoms with van der Waals surface area (Å²) in [5.41, 5.74) is 1.94. The third-order valence-electron chi connectivity index (χ3n) is 3.73. The zero-order valence-corrected chi connectivity index (χ0v) is 12.9. The molecule has 0 aliphatic heterocycles. The normalized spacial score (nSPS) is 11.2. The van der Waals surface area contributed by atoms with E-state index in [1.54, 1.807) is 4.68 Å². The van der Waals surface area contributed by atoms with Gasteiger partial charge in [-0.05, 0) is 45.5 Å². The molecule has 0 atom stereocenters. The van der Waals surface area contributed by atoms with Gasteiger partial charge in [0.25, 0.3) is 0 Å². The summed E-state index contributed by atoms with van der Waals surface area (Å²) in [6.07, 6.45) is 3.69. The molecule has 3 aromatic carbocycles. The van der Waals surface area contributed by atoms with Gasteiger partial charge in [-0.15, -0.1) is 5.10 Å². The number of tetrazole rings is 1. The maximum absolute atomic E-state index is 4.05. The van der Waals surface area contributed by atoms with Gasteiger partial charge in [-0.1, -0.05) is 48.5 Å². The van der Waals surface area contributed by atoms with Gasteiger partial charge in [0.15, 0.2) is 5.82 Å². The van der Waals surface area contributed by atoms with Crippen molar-refractivity contribution >= 4 is 22.5 Å². The molecule has 24 heavy (non-hydrogen) atoms. The second kappa shape index (κ2) is 6.34. The lowest BCUT2D eigenvalue weighted by Gasteiger charge is -2.03. The molecule has 5 heteroatoms. The molecule has 0 amide bonds. The van der Waals surface area contributed by atoms with Crippen molar-refractivity contribution in [2.75, 3.05) is 5.32 Å². The Morgan fingerprint density at radius 2 is 1.62 bits per heavy atom. The molecular weight excluding hydrogens is 298 g/mol. The topological polar surface area (TPSA) is 55.6 Å². The van der Waals surface area contributed by atoms with Crippen molar-refractivity contribution in [2.45, 2.75) is 0 Å². The maximum atomic E-state index is 4.05. The Bertz CT molecular complexity index is 989. The fraction of sp³-hybridized carbons (Fsp3) is 0. The number of benzene rings is 3. The number of aromatic nitrogens is 4. The molecule has 1 heterocycles. The average molecular weight is 313 g/mol. The van der Waals surface area contributed by atoms with Gasteiger partial charge in [-0.3, -0.25) is 0 Å². The molecule has 5 nitrogen and oxygen atoms in total. The molecular formula is C19H15N5. The molecule has 0 bridgehead atoms. The van der Waals surface area contributed by atoms with E-state index in [0.717, 1.165) is 11.4 Å². The minimum Gasteiger partial charge on any atom is -0.362 e. The van der Waals surface area contributed by atoms with Crippen LogP contribution >= 0.6 is 0 Å². The molecule has 0 radical (unpaired) electrons. The number of hydrogen-bond donors (Lipinski definition) is 1. The Labute approximate surface area is 139 Å². The van der Waals surface area contributed by atoms with E-state index in [9.17, 15) is 0 Å². The van der Waals surface area contributed by atoms with Crippen LogP contribution in [0.3, 0.4) is 0 Å². The van der Waals surface area contributed by atoms with Crippen LogP contribution in [0, 0.1) is 0 Å². The summed E-state index contributed by atoms with van der Waals surface area (Å²) in [6.45, 7) is 0. The van der Waals surface area contributed by atoms with Gasteiger partial charge in [0.1, 0.15) is 0 Å². The van der Waals surface area contributed by atoms with Crippen LogP contribution < -0.4 is 5.32 Å². The summed E-state index contributed by atoms with van der Waals surface area (Å²) in [6, 6.07) is 24.3. The summed E-state index contributed by atoms with van der Waals surface area (Å²) >= 11 is 0. The van der Waals surface area contributed by atoms with E-state index >= 15 is 0 Å². The largest absolute Gasteiger partial charge is 0.362 e. The number of nitrogens with zero attached hydrogens (tertiary/aromatic N) is 4. The molecule has 0 unspecified atom stereocenters. The van der Waals surface area contributed by atoms with Crippen LogP contribution in [0.5, 0.6) is 0 Å². The van der Waals surface area contributed by atoms with E-state index in [1.807, 2.05) is 60.8 Å². The van der Waals surface area contributed by atoms with Crippen molar-refractivity contribution in [3.63, 3.8) is 0 Å².